The molecule has 1 aliphatic heterocycles. The van der Waals surface area contributed by atoms with E-state index < -0.39 is 0 Å². The molecular weight excluding hydrogens is 389 g/mol. The minimum absolute atomic E-state index is 0. The van der Waals surface area contributed by atoms with Crippen LogP contribution in [0.4, 0.5) is 0 Å². The van der Waals surface area contributed by atoms with Gasteiger partial charge in [-0.05, 0) is 37.2 Å². The molecule has 0 spiro atoms. The zero-order valence-corrected chi connectivity index (χ0v) is 16.4. The number of nitrogens with zero attached hydrogens (tertiary/aromatic N) is 4. The fraction of sp³-hybridized carbons (Fsp3) is 0.750. The fourth-order valence-corrected chi connectivity index (χ4v) is 3.09. The van der Waals surface area contributed by atoms with Crippen molar-refractivity contribution in [2.75, 3.05) is 26.7 Å². The van der Waals surface area contributed by atoms with Gasteiger partial charge >= 0.3 is 0 Å². The number of hydrogen-bond donors (Lipinski definition) is 1. The van der Waals surface area contributed by atoms with Gasteiger partial charge in [-0.15, -0.1) is 24.0 Å². The van der Waals surface area contributed by atoms with Crippen molar-refractivity contribution in [2.45, 2.75) is 39.7 Å². The van der Waals surface area contributed by atoms with Gasteiger partial charge in [0.2, 0.25) is 0 Å². The van der Waals surface area contributed by atoms with Crippen LogP contribution in [0.2, 0.25) is 0 Å². The highest BCUT2D eigenvalue weighted by Crippen LogP contribution is 2.23. The second-order valence-corrected chi connectivity index (χ2v) is 6.33. The largest absolute Gasteiger partial charge is 0.356 e. The lowest BCUT2D eigenvalue weighted by Crippen LogP contribution is -2.40. The van der Waals surface area contributed by atoms with Crippen LogP contribution >= 0.6 is 24.0 Å². The first-order valence-electron chi connectivity index (χ1n) is 8.12. The predicted molar refractivity (Wildman–Crippen MR) is 103 cm³/mol. The highest BCUT2D eigenvalue weighted by molar-refractivity contribution is 14.0. The van der Waals surface area contributed by atoms with Gasteiger partial charge in [0, 0.05) is 45.6 Å². The third kappa shape index (κ3) is 6.14. The fourth-order valence-electron chi connectivity index (χ4n) is 3.09. The summed E-state index contributed by atoms with van der Waals surface area (Å²) in [5, 5.41) is 7.70. The quantitative estimate of drug-likeness (QED) is 0.334. The Morgan fingerprint density at radius 3 is 2.91 bits per heavy atom. The summed E-state index contributed by atoms with van der Waals surface area (Å²) in [5.41, 5.74) is 0. The van der Waals surface area contributed by atoms with Crippen molar-refractivity contribution >= 4 is 29.9 Å². The molecule has 2 rings (SSSR count). The standard InChI is InChI=1S/C16H29N5.HI/c1-14(2)12-15-6-11-20(13-15)16(17-3)18-7-4-9-21-10-5-8-19-21;/h5,8,10,14-15H,4,6-7,9,11-13H2,1-3H3,(H,17,18);1H. The van der Waals surface area contributed by atoms with E-state index in [2.05, 4.69) is 34.2 Å². The third-order valence-electron chi connectivity index (χ3n) is 4.01. The summed E-state index contributed by atoms with van der Waals surface area (Å²) in [6.45, 7) is 8.80. The van der Waals surface area contributed by atoms with Crippen LogP contribution in [0.1, 0.15) is 33.1 Å². The maximum atomic E-state index is 4.43. The molecule has 1 aromatic rings. The average Bonchev–Trinajstić information content (AvgIpc) is 3.10. The molecule has 0 aromatic carbocycles. The molecule has 1 saturated heterocycles. The number of aliphatic imine (C=N–C) groups is 1. The molecule has 1 unspecified atom stereocenters. The van der Waals surface area contributed by atoms with Crippen LogP contribution in [0.15, 0.2) is 23.5 Å². The second-order valence-electron chi connectivity index (χ2n) is 6.33. The molecule has 0 bridgehead atoms. The average molecular weight is 419 g/mol. The minimum atomic E-state index is 0. The molecule has 1 aromatic heterocycles. The molecule has 6 heteroatoms. The van der Waals surface area contributed by atoms with Gasteiger partial charge in [0.1, 0.15) is 0 Å². The number of rotatable bonds is 6. The van der Waals surface area contributed by atoms with E-state index in [-0.39, 0.29) is 24.0 Å². The molecule has 0 radical (unpaired) electrons. The first-order chi connectivity index (χ1) is 10.2. The van der Waals surface area contributed by atoms with Crippen molar-refractivity contribution in [3.05, 3.63) is 18.5 Å². The van der Waals surface area contributed by atoms with Gasteiger partial charge in [-0.3, -0.25) is 9.67 Å². The Balaban J connectivity index is 0.00000242. The monoisotopic (exact) mass is 419 g/mol. The number of halogens is 1. The Labute approximate surface area is 151 Å². The van der Waals surface area contributed by atoms with Crippen molar-refractivity contribution in [3.63, 3.8) is 0 Å². The Morgan fingerprint density at radius 1 is 1.45 bits per heavy atom. The van der Waals surface area contributed by atoms with Crippen LogP contribution in [0.5, 0.6) is 0 Å². The molecule has 1 fully saturated rings. The maximum absolute atomic E-state index is 4.43. The second kappa shape index (κ2) is 10.1. The zero-order chi connectivity index (χ0) is 15.1. The molecule has 0 saturated carbocycles. The van der Waals surface area contributed by atoms with Gasteiger partial charge in [0.15, 0.2) is 5.96 Å². The molecule has 22 heavy (non-hydrogen) atoms. The van der Waals surface area contributed by atoms with Crippen molar-refractivity contribution in [1.82, 2.24) is 20.0 Å². The summed E-state index contributed by atoms with van der Waals surface area (Å²) < 4.78 is 1.97. The van der Waals surface area contributed by atoms with Crippen molar-refractivity contribution in [2.24, 2.45) is 16.8 Å². The molecule has 0 aliphatic carbocycles. The minimum Gasteiger partial charge on any atom is -0.356 e. The summed E-state index contributed by atoms with van der Waals surface area (Å²) in [6, 6.07) is 1.96. The van der Waals surface area contributed by atoms with E-state index in [1.807, 2.05) is 30.2 Å². The van der Waals surface area contributed by atoms with Gasteiger partial charge in [-0.2, -0.15) is 5.10 Å². The number of likely N-dealkylation sites (tertiary alicyclic amines) is 1. The summed E-state index contributed by atoms with van der Waals surface area (Å²) in [7, 11) is 1.88. The number of guanidine groups is 1. The summed E-state index contributed by atoms with van der Waals surface area (Å²) in [4.78, 5) is 6.83. The molecule has 126 valence electrons. The van der Waals surface area contributed by atoms with E-state index in [0.29, 0.717) is 0 Å². The number of aromatic nitrogens is 2. The highest BCUT2D eigenvalue weighted by Gasteiger charge is 2.25. The maximum Gasteiger partial charge on any atom is 0.193 e. The van der Waals surface area contributed by atoms with E-state index in [1.54, 1.807) is 0 Å². The first-order valence-corrected chi connectivity index (χ1v) is 8.12. The van der Waals surface area contributed by atoms with Crippen LogP contribution in [0, 0.1) is 11.8 Å². The smallest absolute Gasteiger partial charge is 0.193 e. The van der Waals surface area contributed by atoms with Gasteiger partial charge in [-0.25, -0.2) is 0 Å². The van der Waals surface area contributed by atoms with Gasteiger partial charge < -0.3 is 10.2 Å². The summed E-state index contributed by atoms with van der Waals surface area (Å²) in [5.74, 6) is 2.67. The first kappa shape index (κ1) is 19.3. The lowest BCUT2D eigenvalue weighted by Gasteiger charge is -2.22. The van der Waals surface area contributed by atoms with E-state index in [9.17, 15) is 0 Å². The lowest BCUT2D eigenvalue weighted by molar-refractivity contribution is 0.403. The molecule has 1 N–H and O–H groups in total. The van der Waals surface area contributed by atoms with Crippen molar-refractivity contribution in [3.8, 4) is 0 Å². The molecular formula is C16H30IN5. The van der Waals surface area contributed by atoms with E-state index in [4.69, 9.17) is 0 Å². The van der Waals surface area contributed by atoms with Gasteiger partial charge in [0.25, 0.3) is 0 Å². The van der Waals surface area contributed by atoms with E-state index >= 15 is 0 Å². The van der Waals surface area contributed by atoms with Crippen LogP contribution < -0.4 is 5.32 Å². The SMILES string of the molecule is CN=C(NCCCn1cccn1)N1CCC(CC(C)C)C1.I. The van der Waals surface area contributed by atoms with Gasteiger partial charge in [-0.1, -0.05) is 13.8 Å². The molecule has 2 heterocycles. The number of hydrogen-bond acceptors (Lipinski definition) is 2. The molecule has 0 amide bonds. The molecule has 1 aliphatic rings. The predicted octanol–water partition coefficient (Wildman–Crippen LogP) is 2.83. The topological polar surface area (TPSA) is 45.5 Å². The van der Waals surface area contributed by atoms with Crippen LogP contribution in [0.3, 0.4) is 0 Å². The van der Waals surface area contributed by atoms with Crippen molar-refractivity contribution in [1.29, 1.82) is 0 Å². The van der Waals surface area contributed by atoms with Crippen LogP contribution in [0.25, 0.3) is 0 Å². The lowest BCUT2D eigenvalue weighted by atomic mass is 9.97. The van der Waals surface area contributed by atoms with Crippen LogP contribution in [-0.2, 0) is 6.54 Å². The zero-order valence-electron chi connectivity index (χ0n) is 14.0. The van der Waals surface area contributed by atoms with E-state index in [0.717, 1.165) is 50.4 Å². The Kier molecular flexibility index (Phi) is 8.82. The Bertz CT molecular complexity index is 430. The molecule has 5 nitrogen and oxygen atoms in total. The highest BCUT2D eigenvalue weighted by atomic mass is 127. The van der Waals surface area contributed by atoms with Crippen LogP contribution in [-0.4, -0.2) is 47.3 Å². The third-order valence-corrected chi connectivity index (χ3v) is 4.01. The normalized spacial score (nSPS) is 18.6. The van der Waals surface area contributed by atoms with E-state index in [1.165, 1.54) is 12.8 Å². The van der Waals surface area contributed by atoms with Gasteiger partial charge in [0.05, 0.1) is 0 Å². The summed E-state index contributed by atoms with van der Waals surface area (Å²) >= 11 is 0. The molecule has 1 atom stereocenters. The summed E-state index contributed by atoms with van der Waals surface area (Å²) in [6.07, 6.45) is 7.51. The van der Waals surface area contributed by atoms with Crippen molar-refractivity contribution < 1.29 is 0 Å². The number of aryl methyl sites for hydroxylation is 1. The number of nitrogens with one attached hydrogen (secondary N) is 1. The Morgan fingerprint density at radius 2 is 2.27 bits per heavy atom. The Hall–Kier alpha value is -0.790.